The predicted octanol–water partition coefficient (Wildman–Crippen LogP) is 17.7. The minimum absolute atomic E-state index is 0.0874. The fraction of sp³-hybridized carbons (Fsp3) is 0.609. The van der Waals surface area contributed by atoms with Gasteiger partial charge in [-0.15, -0.1) is 35.8 Å². The molecule has 2 aliphatic heterocycles. The highest BCUT2D eigenvalue weighted by molar-refractivity contribution is 7.61. The van der Waals surface area contributed by atoms with Crippen molar-refractivity contribution >= 4 is 94.5 Å². The van der Waals surface area contributed by atoms with Gasteiger partial charge in [0, 0.05) is 96.6 Å². The van der Waals surface area contributed by atoms with E-state index in [4.69, 9.17) is 48.4 Å². The summed E-state index contributed by atoms with van der Waals surface area (Å²) in [6, 6.07) is 13.0. The fourth-order valence-corrected chi connectivity index (χ4v) is 23.6. The Morgan fingerprint density at radius 1 is 0.584 bits per heavy atom. The number of ether oxygens (including phenoxy) is 6. The summed E-state index contributed by atoms with van der Waals surface area (Å²) in [5.74, 6) is -0.963. The first-order valence-corrected chi connectivity index (χ1v) is 46.1. The summed E-state index contributed by atoms with van der Waals surface area (Å²) < 4.78 is 63.6. The van der Waals surface area contributed by atoms with Gasteiger partial charge in [0.15, 0.2) is 11.6 Å². The van der Waals surface area contributed by atoms with Crippen LogP contribution in [0.5, 0.6) is 23.0 Å². The summed E-state index contributed by atoms with van der Waals surface area (Å²) in [6.45, 7) is 33.0. The maximum Gasteiger partial charge on any atom is 0.306 e. The molecule has 2 N–H and O–H groups in total. The van der Waals surface area contributed by atoms with E-state index in [1.165, 1.54) is 6.66 Å². The SMILES string of the molecule is C=C[C@@H]1C[C@]1(CC(=O)[C@@H]1C[C@@H](Oc2cc(-c3csc(CC(C)C)n3)nc3cc(OC)ccc23)CN1C(=O)[C@@H](CC(=O)OC1CCCC1)C(C)(C)C)P(=O)(O)C(C)CC.C=C[C@@H]1C[C@]1(CC(=O)[C@@H]1C[C@@H](Oc2cc(-c3csc(CC(C)C)n3)nc3cc(OC)ccc23)CN1C(=O)[C@@H](CC(=O)OC1CCCC1)C(C)(C)C)P(C)(=O)O. The minimum atomic E-state index is -3.82. The largest absolute Gasteiger partial charge is 0.497 e. The maximum atomic E-state index is 14.9. The lowest BCUT2D eigenvalue weighted by molar-refractivity contribution is -0.156. The van der Waals surface area contributed by atoms with Crippen molar-refractivity contribution in [3.05, 3.63) is 94.6 Å². The summed E-state index contributed by atoms with van der Waals surface area (Å²) in [6.07, 6.45) is 11.9. The number of hydrogen-bond donors (Lipinski definition) is 2. The monoisotopic (exact) mass is 1630 g/mol. The first-order valence-electron chi connectivity index (χ1n) is 40.5. The first kappa shape index (κ1) is 86.7. The zero-order valence-corrected chi connectivity index (χ0v) is 72.1. The molecule has 13 atom stereocenters. The van der Waals surface area contributed by atoms with Crippen LogP contribution in [0.15, 0.2) is 84.6 Å². The summed E-state index contributed by atoms with van der Waals surface area (Å²) in [5.41, 5.74) is 2.23. The van der Waals surface area contributed by atoms with Crippen LogP contribution in [0.1, 0.15) is 202 Å². The molecule has 6 aliphatic rings. The van der Waals surface area contributed by atoms with Crippen molar-refractivity contribution in [1.29, 1.82) is 0 Å². The minimum Gasteiger partial charge on any atom is -0.497 e. The Morgan fingerprint density at radius 3 is 1.32 bits per heavy atom. The highest BCUT2D eigenvalue weighted by Gasteiger charge is 2.67. The second-order valence-corrected chi connectivity index (χ2v) is 43.1. The number of aromatic nitrogens is 4. The second-order valence-electron chi connectivity index (χ2n) is 35.6. The molecule has 26 heteroatoms. The van der Waals surface area contributed by atoms with Crippen LogP contribution in [0.2, 0.25) is 0 Å². The first-order chi connectivity index (χ1) is 53.3. The number of amides is 2. The smallest absolute Gasteiger partial charge is 0.306 e. The fourth-order valence-electron chi connectivity index (χ4n) is 17.1. The van der Waals surface area contributed by atoms with Gasteiger partial charge in [-0.3, -0.25) is 37.9 Å². The van der Waals surface area contributed by atoms with Gasteiger partial charge in [0.2, 0.25) is 26.6 Å². The van der Waals surface area contributed by atoms with Crippen LogP contribution in [0.4, 0.5) is 0 Å². The van der Waals surface area contributed by atoms with Gasteiger partial charge >= 0.3 is 11.9 Å². The van der Waals surface area contributed by atoms with Crippen LogP contribution >= 0.6 is 37.4 Å². The molecule has 2 saturated heterocycles. The molecule has 4 aromatic heterocycles. The number of thiazole rings is 2. The Labute approximate surface area is 674 Å². The van der Waals surface area contributed by atoms with Crippen LogP contribution < -0.4 is 18.9 Å². The van der Waals surface area contributed by atoms with E-state index in [0.29, 0.717) is 76.5 Å². The average molecular weight is 1630 g/mol. The standard InChI is InChI=1S/C45H62N3O8PS.C42H56N3O8PS/c1-10-28(5)57(52,53)45(23-29(45)11-2)24-39(49)38-20-32(25-48(38)43(51)34(44(6,7)8)21-42(50)56-30-14-12-13-15-30)55-40-22-36(37-26-58-41(47-37)18-27(3)4)46-35-19-31(54-9)16-17-33(35)40;1-9-26-21-42(26,54(8,49)50)22-36(46)35-18-29(23-45(35)40(48)31(41(4,5)6)19-39(47)53-27-12-10-11-13-27)52-37-20-33(34-24-55-38(44-34)16-25(2)3)43-32-17-28(51-7)14-15-30(32)37/h11,16-17,19,22,26-30,32,34,38H,2,10,12-15,18,20-21,23-25H2,1,3-9H3,(H,52,53);9,14-15,17,20,24-27,29,31,35H,1,10-13,16,18-19,21-23H2,2-8H3,(H,49,50)/t28?,29-,32-,34-,38+,45-;26-,29-,31-,35+,42-/m11/s1. The summed E-state index contributed by atoms with van der Waals surface area (Å²) in [7, 11) is -4.33. The number of likely N-dealkylation sites (tertiary alicyclic amines) is 2. The lowest BCUT2D eigenvalue weighted by atomic mass is 9.77. The molecule has 0 radical (unpaired) electrons. The summed E-state index contributed by atoms with van der Waals surface area (Å²) in [4.78, 5) is 131. The number of ketones is 2. The van der Waals surface area contributed by atoms with E-state index in [2.05, 4.69) is 40.9 Å². The lowest BCUT2D eigenvalue weighted by Crippen LogP contribution is -2.48. The number of carbonyl (C=O) groups is 6. The lowest BCUT2D eigenvalue weighted by Gasteiger charge is -2.35. The number of pyridine rings is 2. The molecule has 6 fully saturated rings. The Hall–Kier alpha value is -7.20. The third-order valence-corrected chi connectivity index (χ3v) is 31.8. The van der Waals surface area contributed by atoms with Crippen molar-refractivity contribution in [2.45, 2.75) is 258 Å². The third-order valence-electron chi connectivity index (χ3n) is 24.2. The molecule has 0 bridgehead atoms. The molecule has 4 saturated carbocycles. The van der Waals surface area contributed by atoms with Gasteiger partial charge in [-0.05, 0) is 129 Å². The number of allylic oxidation sites excluding steroid dienone is 2. The van der Waals surface area contributed by atoms with Gasteiger partial charge in [0.1, 0.15) is 47.4 Å². The third kappa shape index (κ3) is 19.8. The van der Waals surface area contributed by atoms with Crippen LogP contribution in [0.25, 0.3) is 44.6 Å². The molecular formula is C87H118N6O16P2S2. The second kappa shape index (κ2) is 35.3. The number of esters is 2. The Kier molecular flexibility index (Phi) is 27.1. The molecule has 6 aromatic rings. The van der Waals surface area contributed by atoms with Gasteiger partial charge in [-0.2, -0.15) is 0 Å². The molecule has 2 aromatic carbocycles. The van der Waals surface area contributed by atoms with E-state index in [9.17, 15) is 47.7 Å². The normalized spacial score (nSPS) is 24.4. The molecule has 6 heterocycles. The summed E-state index contributed by atoms with van der Waals surface area (Å²) in [5, 5.41) is 5.24. The van der Waals surface area contributed by atoms with Crippen LogP contribution in [-0.2, 0) is 60.2 Å². The van der Waals surface area contributed by atoms with E-state index in [-0.39, 0.29) is 99.0 Å². The van der Waals surface area contributed by atoms with Crippen LogP contribution in [0, 0.1) is 46.3 Å². The van der Waals surface area contributed by atoms with Gasteiger partial charge in [-0.1, -0.05) is 95.2 Å². The number of rotatable bonds is 32. The van der Waals surface area contributed by atoms with E-state index in [1.54, 1.807) is 65.8 Å². The maximum absolute atomic E-state index is 14.9. The van der Waals surface area contributed by atoms with Crippen LogP contribution in [0.3, 0.4) is 0 Å². The quantitative estimate of drug-likeness (QED) is 0.0225. The van der Waals surface area contributed by atoms with Gasteiger partial charge in [0.05, 0.1) is 118 Å². The number of benzene rings is 2. The topological polar surface area (TPSA) is 290 Å². The van der Waals surface area contributed by atoms with Crippen molar-refractivity contribution in [1.82, 2.24) is 29.7 Å². The Morgan fingerprint density at radius 2 is 0.973 bits per heavy atom. The molecule has 614 valence electrons. The average Bonchev–Trinajstić information content (AvgIpc) is 1.56. The number of fused-ring (bicyclic) bond motifs is 2. The number of nitrogens with zero attached hydrogens (tertiary/aromatic N) is 6. The number of Topliss-reactive ketones (excluding diaryl/α,β-unsaturated/α-hetero) is 2. The van der Waals surface area contributed by atoms with Gasteiger partial charge in [0.25, 0.3) is 0 Å². The highest BCUT2D eigenvalue weighted by atomic mass is 32.1. The molecular weight excluding hydrogens is 1510 g/mol. The van der Waals surface area contributed by atoms with Crippen LogP contribution in [-0.4, -0.2) is 161 Å². The molecule has 3 unspecified atom stereocenters. The predicted molar refractivity (Wildman–Crippen MR) is 443 cm³/mol. The highest BCUT2D eigenvalue weighted by Crippen LogP contribution is 2.75. The Balaban J connectivity index is 0.000000223. The zero-order chi connectivity index (χ0) is 82.0. The van der Waals surface area contributed by atoms with Gasteiger partial charge in [-0.25, -0.2) is 19.9 Å². The molecule has 0 spiro atoms. The van der Waals surface area contributed by atoms with E-state index in [1.807, 2.05) is 108 Å². The van der Waals surface area contributed by atoms with Crippen molar-refractivity contribution in [3.63, 3.8) is 0 Å². The molecule has 113 heavy (non-hydrogen) atoms. The molecule has 2 amide bonds. The van der Waals surface area contributed by atoms with E-state index < -0.39 is 89.6 Å². The zero-order valence-electron chi connectivity index (χ0n) is 68.7. The van der Waals surface area contributed by atoms with Crippen molar-refractivity contribution in [3.8, 4) is 45.8 Å². The number of methoxy groups -OCH3 is 2. The molecule has 22 nitrogen and oxygen atoms in total. The van der Waals surface area contributed by atoms with E-state index in [0.717, 1.165) is 96.4 Å². The number of carbonyl (C=O) groups excluding carboxylic acids is 6. The molecule has 4 aliphatic carbocycles. The van der Waals surface area contributed by atoms with Gasteiger partial charge < -0.3 is 48.0 Å². The van der Waals surface area contributed by atoms with E-state index >= 15 is 0 Å². The summed E-state index contributed by atoms with van der Waals surface area (Å²) >= 11 is 3.18. The Bertz CT molecular complexity index is 4600. The van der Waals surface area contributed by atoms with Crippen molar-refractivity contribution in [2.24, 2.45) is 46.3 Å². The molecule has 12 rings (SSSR count). The van der Waals surface area contributed by atoms with Crippen molar-refractivity contribution in [2.75, 3.05) is 34.0 Å². The number of hydrogen-bond acceptors (Lipinski definition) is 20. The van der Waals surface area contributed by atoms with Crippen molar-refractivity contribution < 1.29 is 76.1 Å².